The summed E-state index contributed by atoms with van der Waals surface area (Å²) in [4.78, 5) is 8.60. The van der Waals surface area contributed by atoms with E-state index in [-0.39, 0.29) is 5.02 Å². The van der Waals surface area contributed by atoms with Crippen LogP contribution >= 0.6 is 27.5 Å². The molecule has 1 aromatic carbocycles. The fourth-order valence-electron chi connectivity index (χ4n) is 1.78. The predicted molar refractivity (Wildman–Crippen MR) is 83.8 cm³/mol. The van der Waals surface area contributed by atoms with Crippen molar-refractivity contribution >= 4 is 39.2 Å². The van der Waals surface area contributed by atoms with E-state index in [1.807, 2.05) is 29.1 Å². The van der Waals surface area contributed by atoms with Gasteiger partial charge in [0, 0.05) is 24.3 Å². The van der Waals surface area contributed by atoms with Crippen molar-refractivity contribution in [3.63, 3.8) is 0 Å². The van der Waals surface area contributed by atoms with Crippen LogP contribution in [0.4, 0.5) is 16.0 Å². The molecule has 0 aliphatic heterocycles. The summed E-state index contributed by atoms with van der Waals surface area (Å²) in [7, 11) is 0. The Hall–Kier alpha value is -1.92. The molecule has 0 fully saturated rings. The van der Waals surface area contributed by atoms with Crippen molar-refractivity contribution in [1.29, 1.82) is 0 Å². The number of aromatic nitrogens is 3. The molecule has 0 unspecified atom stereocenters. The Morgan fingerprint density at radius 2 is 2.00 bits per heavy atom. The van der Waals surface area contributed by atoms with Crippen molar-refractivity contribution in [3.05, 3.63) is 64.2 Å². The topological polar surface area (TPSA) is 42.7 Å². The van der Waals surface area contributed by atoms with E-state index in [9.17, 15) is 4.39 Å². The number of nitrogens with zero attached hydrogens (tertiary/aromatic N) is 3. The fraction of sp³-hybridized carbons (Fsp3) is 0. The average molecular weight is 368 g/mol. The van der Waals surface area contributed by atoms with Crippen molar-refractivity contribution in [1.82, 2.24) is 14.5 Å². The number of rotatable bonds is 3. The number of anilines is 2. The number of benzene rings is 1. The monoisotopic (exact) mass is 366 g/mol. The lowest BCUT2D eigenvalue weighted by Crippen LogP contribution is -2.02. The van der Waals surface area contributed by atoms with Crippen molar-refractivity contribution in [2.24, 2.45) is 0 Å². The molecule has 2 heterocycles. The standard InChI is InChI=1S/C14H9BrClFN4/c15-10-8-18-14(20-13(10)21-5-1-2-6-21)19-9-3-4-12(17)11(16)7-9/h1-8H,(H,18,19,20). The molecule has 0 aliphatic rings. The van der Waals surface area contributed by atoms with E-state index in [2.05, 4.69) is 31.2 Å². The lowest BCUT2D eigenvalue weighted by molar-refractivity contribution is 0.628. The van der Waals surface area contributed by atoms with Gasteiger partial charge < -0.3 is 9.88 Å². The van der Waals surface area contributed by atoms with Gasteiger partial charge in [-0.3, -0.25) is 0 Å². The van der Waals surface area contributed by atoms with Crippen LogP contribution in [0.2, 0.25) is 5.02 Å². The molecular weight excluding hydrogens is 359 g/mol. The Morgan fingerprint density at radius 1 is 1.24 bits per heavy atom. The second-order valence-electron chi connectivity index (χ2n) is 4.21. The summed E-state index contributed by atoms with van der Waals surface area (Å²) < 4.78 is 15.8. The summed E-state index contributed by atoms with van der Waals surface area (Å²) >= 11 is 9.16. The third-order valence-electron chi connectivity index (χ3n) is 2.75. The molecule has 0 saturated carbocycles. The summed E-state index contributed by atoms with van der Waals surface area (Å²) in [5, 5.41) is 3.04. The molecule has 21 heavy (non-hydrogen) atoms. The average Bonchev–Trinajstić information content (AvgIpc) is 2.99. The summed E-state index contributed by atoms with van der Waals surface area (Å²) in [5.41, 5.74) is 0.613. The van der Waals surface area contributed by atoms with Gasteiger partial charge in [0.05, 0.1) is 9.50 Å². The van der Waals surface area contributed by atoms with Gasteiger partial charge in [0.1, 0.15) is 5.82 Å². The van der Waals surface area contributed by atoms with Crippen LogP contribution < -0.4 is 5.32 Å². The highest BCUT2D eigenvalue weighted by atomic mass is 79.9. The van der Waals surface area contributed by atoms with E-state index >= 15 is 0 Å². The second-order valence-corrected chi connectivity index (χ2v) is 5.47. The van der Waals surface area contributed by atoms with Crippen LogP contribution in [0.25, 0.3) is 5.82 Å². The molecule has 1 N–H and O–H groups in total. The van der Waals surface area contributed by atoms with Gasteiger partial charge >= 0.3 is 0 Å². The molecule has 0 bridgehead atoms. The quantitative estimate of drug-likeness (QED) is 0.737. The minimum atomic E-state index is -0.466. The molecule has 3 rings (SSSR count). The van der Waals surface area contributed by atoms with Crippen molar-refractivity contribution < 1.29 is 4.39 Å². The van der Waals surface area contributed by atoms with Crippen molar-refractivity contribution in [2.75, 3.05) is 5.32 Å². The van der Waals surface area contributed by atoms with Crippen LogP contribution in [0, 0.1) is 5.82 Å². The maximum atomic E-state index is 13.1. The maximum absolute atomic E-state index is 13.1. The van der Waals surface area contributed by atoms with Gasteiger partial charge in [-0.05, 0) is 46.3 Å². The molecule has 0 saturated heterocycles. The molecule has 4 nitrogen and oxygen atoms in total. The van der Waals surface area contributed by atoms with Gasteiger partial charge in [0.25, 0.3) is 0 Å². The molecule has 0 atom stereocenters. The SMILES string of the molecule is Fc1ccc(Nc2ncc(Br)c(-n3cccc3)n2)cc1Cl. The minimum Gasteiger partial charge on any atom is -0.324 e. The Labute approximate surface area is 133 Å². The highest BCUT2D eigenvalue weighted by molar-refractivity contribution is 9.10. The summed E-state index contributed by atoms with van der Waals surface area (Å²) in [6, 6.07) is 8.15. The van der Waals surface area contributed by atoms with Crippen LogP contribution in [-0.4, -0.2) is 14.5 Å². The number of hydrogen-bond donors (Lipinski definition) is 1. The zero-order valence-electron chi connectivity index (χ0n) is 10.6. The third kappa shape index (κ3) is 3.06. The molecule has 0 spiro atoms. The molecule has 106 valence electrons. The van der Waals surface area contributed by atoms with Gasteiger partial charge in [0.2, 0.25) is 5.95 Å². The number of halogens is 3. The number of nitrogens with one attached hydrogen (secondary N) is 1. The Morgan fingerprint density at radius 3 is 2.71 bits per heavy atom. The van der Waals surface area contributed by atoms with Crippen molar-refractivity contribution in [2.45, 2.75) is 0 Å². The van der Waals surface area contributed by atoms with Crippen LogP contribution in [0.5, 0.6) is 0 Å². The summed E-state index contributed by atoms with van der Waals surface area (Å²) in [6.07, 6.45) is 5.41. The maximum Gasteiger partial charge on any atom is 0.229 e. The first-order valence-corrected chi connectivity index (χ1v) is 7.18. The molecule has 7 heteroatoms. The first-order valence-electron chi connectivity index (χ1n) is 6.01. The molecule has 3 aromatic rings. The van der Waals surface area contributed by atoms with Crippen molar-refractivity contribution in [3.8, 4) is 5.82 Å². The lowest BCUT2D eigenvalue weighted by atomic mass is 10.3. The first-order chi connectivity index (χ1) is 10.1. The molecule has 0 aliphatic carbocycles. The fourth-order valence-corrected chi connectivity index (χ4v) is 2.35. The van der Waals surface area contributed by atoms with E-state index in [1.54, 1.807) is 12.3 Å². The molecule has 0 radical (unpaired) electrons. The lowest BCUT2D eigenvalue weighted by Gasteiger charge is -2.09. The van der Waals surface area contributed by atoms with Gasteiger partial charge in [-0.25, -0.2) is 9.37 Å². The van der Waals surface area contributed by atoms with E-state index in [0.29, 0.717) is 17.5 Å². The highest BCUT2D eigenvalue weighted by Crippen LogP contribution is 2.23. The Balaban J connectivity index is 1.93. The molecule has 0 amide bonds. The molecule has 2 aromatic heterocycles. The van der Waals surface area contributed by atoms with E-state index < -0.39 is 5.82 Å². The predicted octanol–water partition coefficient (Wildman–Crippen LogP) is 4.57. The van der Waals surface area contributed by atoms with Gasteiger partial charge in [0.15, 0.2) is 5.82 Å². The van der Waals surface area contributed by atoms with Gasteiger partial charge in [-0.2, -0.15) is 4.98 Å². The zero-order chi connectivity index (χ0) is 14.8. The van der Waals surface area contributed by atoms with E-state index in [0.717, 1.165) is 4.47 Å². The second kappa shape index (κ2) is 5.83. The van der Waals surface area contributed by atoms with Crippen LogP contribution in [-0.2, 0) is 0 Å². The van der Waals surface area contributed by atoms with Gasteiger partial charge in [-0.15, -0.1) is 0 Å². The Kier molecular flexibility index (Phi) is 3.90. The Bertz CT molecular complexity index is 777. The van der Waals surface area contributed by atoms with Crippen LogP contribution in [0.1, 0.15) is 0 Å². The summed E-state index contributed by atoms with van der Waals surface area (Å²) in [5.74, 6) is 0.627. The zero-order valence-corrected chi connectivity index (χ0v) is 12.9. The smallest absolute Gasteiger partial charge is 0.229 e. The summed E-state index contributed by atoms with van der Waals surface area (Å²) in [6.45, 7) is 0. The largest absolute Gasteiger partial charge is 0.324 e. The third-order valence-corrected chi connectivity index (χ3v) is 3.60. The number of hydrogen-bond acceptors (Lipinski definition) is 3. The first kappa shape index (κ1) is 14.0. The van der Waals surface area contributed by atoms with Gasteiger partial charge in [-0.1, -0.05) is 11.6 Å². The van der Waals surface area contributed by atoms with E-state index in [4.69, 9.17) is 11.6 Å². The minimum absolute atomic E-state index is 0.0442. The van der Waals surface area contributed by atoms with Crippen LogP contribution in [0.3, 0.4) is 0 Å². The molecular formula is C14H9BrClFN4. The van der Waals surface area contributed by atoms with Crippen LogP contribution in [0.15, 0.2) is 53.4 Å². The highest BCUT2D eigenvalue weighted by Gasteiger charge is 2.08. The van der Waals surface area contributed by atoms with E-state index in [1.165, 1.54) is 12.1 Å². The normalized spacial score (nSPS) is 10.6.